The third-order valence-corrected chi connectivity index (χ3v) is 4.56. The molecule has 22 heavy (non-hydrogen) atoms. The first-order valence-corrected chi connectivity index (χ1v) is 7.97. The number of nitrogens with zero attached hydrogens (tertiary/aromatic N) is 2. The molecule has 116 valence electrons. The fourth-order valence-corrected chi connectivity index (χ4v) is 2.95. The molecule has 0 aliphatic heterocycles. The van der Waals surface area contributed by atoms with Gasteiger partial charge in [-0.3, -0.25) is 0 Å². The fraction of sp³-hybridized carbons (Fsp3) is 0.375. The van der Waals surface area contributed by atoms with Crippen LogP contribution in [0.3, 0.4) is 0 Å². The van der Waals surface area contributed by atoms with Crippen molar-refractivity contribution in [3.05, 3.63) is 45.2 Å². The number of aromatic carboxylic acids is 1. The second-order valence-electron chi connectivity index (χ2n) is 5.89. The van der Waals surface area contributed by atoms with Crippen molar-refractivity contribution in [3.63, 3.8) is 0 Å². The molecule has 1 aliphatic carbocycles. The number of halogens is 2. The van der Waals surface area contributed by atoms with Crippen LogP contribution in [0.15, 0.2) is 18.2 Å². The third-order valence-electron chi connectivity index (χ3n) is 3.82. The van der Waals surface area contributed by atoms with Crippen molar-refractivity contribution >= 4 is 29.2 Å². The van der Waals surface area contributed by atoms with Gasteiger partial charge in [-0.05, 0) is 37.0 Å². The van der Waals surface area contributed by atoms with Crippen LogP contribution >= 0.6 is 23.2 Å². The standard InChI is InChI=1S/C16H16Cl2N2O2/c1-8(2)15-13(16(21)22)14(9-3-4-9)19-20(15)10-5-6-11(17)12(18)7-10/h5-9H,3-4H2,1-2H3,(H,21,22). The second-order valence-corrected chi connectivity index (χ2v) is 6.70. The molecule has 1 aromatic carbocycles. The molecular weight excluding hydrogens is 323 g/mol. The Morgan fingerprint density at radius 3 is 2.50 bits per heavy atom. The number of hydrogen-bond acceptors (Lipinski definition) is 2. The molecule has 0 radical (unpaired) electrons. The van der Waals surface area contributed by atoms with Gasteiger partial charge in [0.2, 0.25) is 0 Å². The lowest BCUT2D eigenvalue weighted by atomic mass is 10.0. The minimum Gasteiger partial charge on any atom is -0.478 e. The summed E-state index contributed by atoms with van der Waals surface area (Å²) in [4.78, 5) is 11.7. The van der Waals surface area contributed by atoms with Crippen LogP contribution in [-0.4, -0.2) is 20.9 Å². The molecule has 0 amide bonds. The quantitative estimate of drug-likeness (QED) is 0.864. The molecule has 3 rings (SSSR count). The normalized spacial score (nSPS) is 14.6. The molecule has 2 aromatic rings. The van der Waals surface area contributed by atoms with Crippen LogP contribution < -0.4 is 0 Å². The first kappa shape index (κ1) is 15.4. The summed E-state index contributed by atoms with van der Waals surface area (Å²) >= 11 is 12.1. The molecule has 0 atom stereocenters. The molecule has 1 saturated carbocycles. The monoisotopic (exact) mass is 338 g/mol. The van der Waals surface area contributed by atoms with E-state index in [1.54, 1.807) is 22.9 Å². The number of benzene rings is 1. The van der Waals surface area contributed by atoms with Crippen LogP contribution in [0.4, 0.5) is 0 Å². The average Bonchev–Trinajstić information content (AvgIpc) is 3.20. The number of carboxylic acids is 1. The molecule has 0 spiro atoms. The molecule has 1 heterocycles. The molecular formula is C16H16Cl2N2O2. The molecule has 6 heteroatoms. The summed E-state index contributed by atoms with van der Waals surface area (Å²) in [5.41, 5.74) is 2.45. The second kappa shape index (κ2) is 5.60. The van der Waals surface area contributed by atoms with Crippen molar-refractivity contribution in [2.24, 2.45) is 0 Å². The van der Waals surface area contributed by atoms with Crippen LogP contribution in [-0.2, 0) is 0 Å². The topological polar surface area (TPSA) is 55.1 Å². The number of hydrogen-bond donors (Lipinski definition) is 1. The zero-order valence-corrected chi connectivity index (χ0v) is 13.8. The van der Waals surface area contributed by atoms with Crippen LogP contribution in [0.1, 0.15) is 60.3 Å². The summed E-state index contributed by atoms with van der Waals surface area (Å²) < 4.78 is 1.70. The van der Waals surface area contributed by atoms with Crippen molar-refractivity contribution in [1.82, 2.24) is 9.78 Å². The van der Waals surface area contributed by atoms with Gasteiger partial charge in [0.15, 0.2) is 0 Å². The van der Waals surface area contributed by atoms with Gasteiger partial charge in [0, 0.05) is 5.92 Å². The SMILES string of the molecule is CC(C)c1c(C(=O)O)c(C2CC2)nn1-c1ccc(Cl)c(Cl)c1. The highest BCUT2D eigenvalue weighted by Crippen LogP contribution is 2.43. The Bertz CT molecular complexity index is 749. The Morgan fingerprint density at radius 1 is 1.32 bits per heavy atom. The minimum atomic E-state index is -0.920. The van der Waals surface area contributed by atoms with E-state index in [0.29, 0.717) is 27.0 Å². The number of carbonyl (C=O) groups is 1. The highest BCUT2D eigenvalue weighted by atomic mass is 35.5. The smallest absolute Gasteiger partial charge is 0.339 e. The lowest BCUT2D eigenvalue weighted by Crippen LogP contribution is -2.08. The fourth-order valence-electron chi connectivity index (χ4n) is 2.66. The molecule has 0 saturated heterocycles. The van der Waals surface area contributed by atoms with E-state index in [-0.39, 0.29) is 11.8 Å². The summed E-state index contributed by atoms with van der Waals surface area (Å²) in [7, 11) is 0. The zero-order chi connectivity index (χ0) is 16.0. The molecule has 1 N–H and O–H groups in total. The van der Waals surface area contributed by atoms with E-state index in [2.05, 4.69) is 5.10 Å². The van der Waals surface area contributed by atoms with Crippen LogP contribution in [0, 0.1) is 0 Å². The molecule has 0 bridgehead atoms. The van der Waals surface area contributed by atoms with Gasteiger partial charge in [-0.2, -0.15) is 5.10 Å². The number of aromatic nitrogens is 2. The molecule has 0 unspecified atom stereocenters. The van der Waals surface area contributed by atoms with E-state index in [4.69, 9.17) is 23.2 Å². The zero-order valence-electron chi connectivity index (χ0n) is 12.3. The Balaban J connectivity index is 2.24. The highest BCUT2D eigenvalue weighted by Gasteiger charge is 2.35. The van der Waals surface area contributed by atoms with Gasteiger partial charge in [-0.25, -0.2) is 9.48 Å². The maximum absolute atomic E-state index is 11.7. The highest BCUT2D eigenvalue weighted by molar-refractivity contribution is 6.42. The third kappa shape index (κ3) is 2.61. The van der Waals surface area contributed by atoms with Crippen LogP contribution in [0.5, 0.6) is 0 Å². The lowest BCUT2D eigenvalue weighted by molar-refractivity contribution is 0.0694. The Morgan fingerprint density at radius 2 is 2.00 bits per heavy atom. The van der Waals surface area contributed by atoms with Crippen LogP contribution in [0.25, 0.3) is 5.69 Å². The van der Waals surface area contributed by atoms with Crippen molar-refractivity contribution in [1.29, 1.82) is 0 Å². The summed E-state index contributed by atoms with van der Waals surface area (Å²) in [6.45, 7) is 3.93. The van der Waals surface area contributed by atoms with E-state index < -0.39 is 5.97 Å². The van der Waals surface area contributed by atoms with Gasteiger partial charge in [-0.1, -0.05) is 37.0 Å². The van der Waals surface area contributed by atoms with Crippen molar-refractivity contribution in [2.75, 3.05) is 0 Å². The van der Waals surface area contributed by atoms with Gasteiger partial charge in [-0.15, -0.1) is 0 Å². The Kier molecular flexibility index (Phi) is 3.91. The van der Waals surface area contributed by atoms with E-state index in [0.717, 1.165) is 18.5 Å². The van der Waals surface area contributed by atoms with Gasteiger partial charge >= 0.3 is 5.97 Å². The van der Waals surface area contributed by atoms with Crippen molar-refractivity contribution in [3.8, 4) is 5.69 Å². The molecule has 1 fully saturated rings. The maximum Gasteiger partial charge on any atom is 0.339 e. The summed E-state index contributed by atoms with van der Waals surface area (Å²) in [5, 5.41) is 15.1. The molecule has 4 nitrogen and oxygen atoms in total. The first-order valence-electron chi connectivity index (χ1n) is 7.21. The summed E-state index contributed by atoms with van der Waals surface area (Å²) in [5.74, 6) is -0.634. The van der Waals surface area contributed by atoms with Gasteiger partial charge in [0.05, 0.1) is 27.1 Å². The average molecular weight is 339 g/mol. The predicted molar refractivity (Wildman–Crippen MR) is 86.6 cm³/mol. The molecule has 1 aliphatic rings. The van der Waals surface area contributed by atoms with Gasteiger partial charge in [0.25, 0.3) is 0 Å². The van der Waals surface area contributed by atoms with E-state index in [1.165, 1.54) is 0 Å². The molecule has 1 aromatic heterocycles. The number of carboxylic acid groups (broad SMARTS) is 1. The lowest BCUT2D eigenvalue weighted by Gasteiger charge is -2.12. The largest absolute Gasteiger partial charge is 0.478 e. The summed E-state index contributed by atoms with van der Waals surface area (Å²) in [6.07, 6.45) is 1.99. The van der Waals surface area contributed by atoms with E-state index in [9.17, 15) is 9.90 Å². The van der Waals surface area contributed by atoms with Crippen molar-refractivity contribution < 1.29 is 9.90 Å². The van der Waals surface area contributed by atoms with Crippen LogP contribution in [0.2, 0.25) is 10.0 Å². The Labute approximate surface area is 138 Å². The predicted octanol–water partition coefficient (Wildman–Crippen LogP) is 4.88. The maximum atomic E-state index is 11.7. The van der Waals surface area contributed by atoms with E-state index >= 15 is 0 Å². The first-order chi connectivity index (χ1) is 10.4. The Hall–Kier alpha value is -1.52. The van der Waals surface area contributed by atoms with E-state index in [1.807, 2.05) is 13.8 Å². The van der Waals surface area contributed by atoms with Gasteiger partial charge in [0.1, 0.15) is 5.56 Å². The summed E-state index contributed by atoms with van der Waals surface area (Å²) in [6, 6.07) is 5.21. The number of rotatable bonds is 4. The van der Waals surface area contributed by atoms with Crippen molar-refractivity contribution in [2.45, 2.75) is 38.5 Å². The minimum absolute atomic E-state index is 0.0283. The van der Waals surface area contributed by atoms with Gasteiger partial charge < -0.3 is 5.11 Å².